The fraction of sp³-hybridized carbons (Fsp3) is 0.467. The number of rotatable bonds is 11. The molecular formula is C30H37IN6O7S2. The number of carbonyl (C=O) groups excluding carboxylic acids is 3. The van der Waals surface area contributed by atoms with E-state index in [2.05, 4.69) is 26.9 Å². The maximum absolute atomic E-state index is 13.6. The van der Waals surface area contributed by atoms with E-state index in [0.29, 0.717) is 17.1 Å². The first kappa shape index (κ1) is 35.8. The fourth-order valence-corrected chi connectivity index (χ4v) is 7.59. The van der Waals surface area contributed by atoms with Crippen LogP contribution in [0.1, 0.15) is 24.2 Å². The molecule has 2 aromatic rings. The maximum Gasteiger partial charge on any atom is 0.335 e. The Balaban J connectivity index is 0.00000480. The van der Waals surface area contributed by atoms with Gasteiger partial charge < -0.3 is 58.9 Å². The minimum absolute atomic E-state index is 0. The summed E-state index contributed by atoms with van der Waals surface area (Å²) in [5.41, 5.74) is 7.29. The largest absolute Gasteiger partial charge is 1.00 e. The molecule has 3 atom stereocenters. The zero-order valence-corrected chi connectivity index (χ0v) is 29.5. The number of methoxy groups -OCH3 is 1. The van der Waals surface area contributed by atoms with Crippen LogP contribution in [0.15, 0.2) is 52.7 Å². The van der Waals surface area contributed by atoms with Crippen LogP contribution in [0, 0.1) is 5.92 Å². The number of quaternary nitrogens is 1. The number of aliphatic hydroxyl groups is 1. The summed E-state index contributed by atoms with van der Waals surface area (Å²) in [7, 11) is 5.01. The number of oxime groups is 1. The normalized spacial score (nSPS) is 26.1. The molecule has 3 heterocycles. The lowest BCUT2D eigenvalue weighted by Crippen LogP contribution is -3.00. The van der Waals surface area contributed by atoms with Crippen LogP contribution >= 0.6 is 23.3 Å². The van der Waals surface area contributed by atoms with Crippen LogP contribution in [0.3, 0.4) is 0 Å². The summed E-state index contributed by atoms with van der Waals surface area (Å²) in [5.74, 6) is -1.16. The number of aliphatic hydroxyl groups excluding tert-OH is 1. The van der Waals surface area contributed by atoms with Gasteiger partial charge in [0.25, 0.3) is 5.91 Å². The molecule has 1 aromatic carbocycles. The van der Waals surface area contributed by atoms with Crippen molar-refractivity contribution >= 4 is 51.8 Å². The number of allylic oxidation sites excluding steroid dienone is 1. The van der Waals surface area contributed by atoms with Crippen LogP contribution in [0.25, 0.3) is 0 Å². The topological polar surface area (TPSA) is 175 Å². The van der Waals surface area contributed by atoms with E-state index in [9.17, 15) is 19.5 Å². The molecule has 1 amide bonds. The van der Waals surface area contributed by atoms with Crippen molar-refractivity contribution in [2.24, 2.45) is 11.1 Å². The fourth-order valence-electron chi connectivity index (χ4n) is 5.68. The van der Waals surface area contributed by atoms with Crippen LogP contribution < -0.4 is 39.8 Å². The number of likely N-dealkylation sites (N-methyl/N-ethyl adjacent to an activating group) is 1. The predicted molar refractivity (Wildman–Crippen MR) is 170 cm³/mol. The predicted octanol–water partition coefficient (Wildman–Crippen LogP) is -1.52. The van der Waals surface area contributed by atoms with Crippen molar-refractivity contribution < 1.29 is 62.3 Å². The van der Waals surface area contributed by atoms with Gasteiger partial charge in [0.05, 0.1) is 51.4 Å². The van der Waals surface area contributed by atoms with E-state index < -0.39 is 23.8 Å². The van der Waals surface area contributed by atoms with Crippen LogP contribution in [0.5, 0.6) is 5.75 Å². The van der Waals surface area contributed by atoms with Crippen LogP contribution in [-0.2, 0) is 30.6 Å². The van der Waals surface area contributed by atoms with Gasteiger partial charge in [-0.3, -0.25) is 9.59 Å². The highest BCUT2D eigenvalue weighted by Gasteiger charge is 2.56. The van der Waals surface area contributed by atoms with Gasteiger partial charge >= 0.3 is 5.97 Å². The molecule has 1 unspecified atom stereocenters. The van der Waals surface area contributed by atoms with Gasteiger partial charge in [0, 0.05) is 35.4 Å². The van der Waals surface area contributed by atoms with Crippen molar-refractivity contribution in [1.29, 1.82) is 0 Å². The van der Waals surface area contributed by atoms with Crippen molar-refractivity contribution in [1.82, 2.24) is 14.7 Å². The minimum atomic E-state index is -0.857. The first-order valence-corrected chi connectivity index (χ1v) is 16.3. The van der Waals surface area contributed by atoms with Gasteiger partial charge in [0.1, 0.15) is 25.5 Å². The molecule has 13 nitrogen and oxygen atoms in total. The molecule has 0 radical (unpaired) electrons. The van der Waals surface area contributed by atoms with Crippen molar-refractivity contribution in [3.05, 3.63) is 59.0 Å². The molecule has 1 saturated carbocycles. The number of esters is 1. The van der Waals surface area contributed by atoms with E-state index >= 15 is 0 Å². The monoisotopic (exact) mass is 784 g/mol. The van der Waals surface area contributed by atoms with Crippen molar-refractivity contribution in [2.45, 2.75) is 36.8 Å². The average Bonchev–Trinajstić information content (AvgIpc) is 3.48. The highest BCUT2D eigenvalue weighted by Crippen LogP contribution is 2.46. The smallest absolute Gasteiger partial charge is 0.335 e. The van der Waals surface area contributed by atoms with Gasteiger partial charge in [-0.05, 0) is 29.3 Å². The second-order valence-electron chi connectivity index (χ2n) is 11.4. The van der Waals surface area contributed by atoms with Gasteiger partial charge in [-0.15, -0.1) is 0 Å². The van der Waals surface area contributed by atoms with Gasteiger partial charge in [-0.25, -0.2) is 4.79 Å². The number of nitrogens with zero attached hydrogens (tertiary/aromatic N) is 4. The van der Waals surface area contributed by atoms with Crippen molar-refractivity contribution in [3.8, 4) is 5.75 Å². The molecule has 4 N–H and O–H groups in total. The van der Waals surface area contributed by atoms with E-state index in [1.165, 1.54) is 18.9 Å². The molecule has 0 bridgehead atoms. The summed E-state index contributed by atoms with van der Waals surface area (Å²) in [4.78, 5) is 49.2. The zero-order valence-electron chi connectivity index (χ0n) is 25.7. The van der Waals surface area contributed by atoms with Crippen molar-refractivity contribution in [2.75, 3.05) is 52.4 Å². The molecule has 2 fully saturated rings. The molecule has 5 rings (SSSR count). The SMILES string of the molecule is CO/N=C(\C(=O)N[C@@H]1C(=O)C2C(C(=O)OCc3ccc(OC)cc3)=C(/C=C/C[N+]3(C)CCC(O)CC3)CS[C@@H]21)c1nsc(N)n1.[I-]. The number of hydrogen-bond donors (Lipinski definition) is 3. The summed E-state index contributed by atoms with van der Waals surface area (Å²) < 4.78 is 15.7. The number of aromatic nitrogens is 2. The third-order valence-electron chi connectivity index (χ3n) is 8.31. The number of Topliss-reactive ketones (excluding diaryl/α,β-unsaturated/α-hetero) is 1. The summed E-state index contributed by atoms with van der Waals surface area (Å²) in [6.07, 6.45) is 5.20. The van der Waals surface area contributed by atoms with Crippen LogP contribution in [-0.4, -0.2) is 106 Å². The number of hydrogen-bond acceptors (Lipinski definition) is 13. The Morgan fingerprint density at radius 3 is 2.57 bits per heavy atom. The Morgan fingerprint density at radius 1 is 1.22 bits per heavy atom. The van der Waals surface area contributed by atoms with Crippen LogP contribution in [0.2, 0.25) is 0 Å². The Labute approximate surface area is 292 Å². The van der Waals surface area contributed by atoms with Gasteiger partial charge in [0.15, 0.2) is 10.9 Å². The molecule has 16 heteroatoms. The summed E-state index contributed by atoms with van der Waals surface area (Å²) in [6.45, 7) is 2.47. The number of amides is 1. The number of nitrogen functional groups attached to an aromatic ring is 1. The molecule has 1 saturated heterocycles. The van der Waals surface area contributed by atoms with Crippen molar-refractivity contribution in [3.63, 3.8) is 0 Å². The first-order valence-electron chi connectivity index (χ1n) is 14.5. The number of likely N-dealkylation sites (tertiary alicyclic amines) is 1. The summed E-state index contributed by atoms with van der Waals surface area (Å²) in [6, 6.07) is 6.33. The molecule has 2 aliphatic heterocycles. The van der Waals surface area contributed by atoms with E-state index in [-0.39, 0.29) is 64.4 Å². The lowest BCUT2D eigenvalue weighted by Gasteiger charge is -2.46. The molecule has 3 aliphatic rings. The third kappa shape index (κ3) is 8.07. The highest BCUT2D eigenvalue weighted by molar-refractivity contribution is 8.00. The van der Waals surface area contributed by atoms with E-state index in [1.54, 1.807) is 19.2 Å². The second kappa shape index (κ2) is 15.7. The zero-order chi connectivity index (χ0) is 32.1. The Hall–Kier alpha value is -3.06. The standard InChI is InChI=1S/C30H36N6O7S2.HI/c1-36(13-10-19(37)11-14-36)12-4-5-18-16-44-26-22(21(18)29(40)43-15-17-6-8-20(41-2)9-7-17)25(38)23(26)32-28(39)24(34-42-3)27-33-30(31)45-35-27;/h4-9,19,22-23,26,37H,10-16H2,1-3H3,(H2-,31,32,33,35,39);1H/b5-4+,34-24-;/t19?,22?,23-,26+,36?;/m1./s1. The Bertz CT molecular complexity index is 1520. The number of nitrogens with one attached hydrogen (secondary N) is 1. The number of anilines is 1. The molecule has 1 aromatic heterocycles. The summed E-state index contributed by atoms with van der Waals surface area (Å²) in [5, 5.41) is 16.2. The molecule has 1 aliphatic carbocycles. The molecule has 46 heavy (non-hydrogen) atoms. The lowest BCUT2D eigenvalue weighted by atomic mass is 9.71. The average molecular weight is 785 g/mol. The lowest BCUT2D eigenvalue weighted by molar-refractivity contribution is -0.909. The van der Waals surface area contributed by atoms with Gasteiger partial charge in [-0.2, -0.15) is 21.1 Å². The van der Waals surface area contributed by atoms with Crippen LogP contribution in [0.4, 0.5) is 5.13 Å². The number of thioether (sulfide) groups is 1. The number of benzene rings is 1. The second-order valence-corrected chi connectivity index (χ2v) is 13.4. The number of ketones is 1. The number of piperidine rings is 1. The number of fused-ring (bicyclic) bond motifs is 1. The number of carbonyl (C=O) groups is 3. The number of ether oxygens (including phenoxy) is 2. The van der Waals surface area contributed by atoms with Gasteiger partial charge in [-0.1, -0.05) is 23.4 Å². The Kier molecular flexibility index (Phi) is 12.2. The highest BCUT2D eigenvalue weighted by atomic mass is 127. The third-order valence-corrected chi connectivity index (χ3v) is 10.3. The Morgan fingerprint density at radius 2 is 1.93 bits per heavy atom. The first-order chi connectivity index (χ1) is 21.6. The van der Waals surface area contributed by atoms with Gasteiger partial charge in [0.2, 0.25) is 11.5 Å². The minimum Gasteiger partial charge on any atom is -1.00 e. The molecular weight excluding hydrogens is 747 g/mol. The van der Waals surface area contributed by atoms with E-state index in [1.807, 2.05) is 24.3 Å². The maximum atomic E-state index is 13.6. The molecule has 0 spiro atoms. The van der Waals surface area contributed by atoms with E-state index in [4.69, 9.17) is 20.0 Å². The number of halogens is 1. The molecule has 248 valence electrons. The summed E-state index contributed by atoms with van der Waals surface area (Å²) >= 11 is 2.40. The quantitative estimate of drug-likeness (QED) is 0.0794. The number of nitrogens with two attached hydrogens (primary N) is 1. The van der Waals surface area contributed by atoms with E-state index in [0.717, 1.165) is 59.6 Å².